The predicted octanol–water partition coefficient (Wildman–Crippen LogP) is 5.48. The largest absolute Gasteiger partial charge is 0.372 e. The van der Waals surface area contributed by atoms with Crippen molar-refractivity contribution in [1.29, 1.82) is 0 Å². The third kappa shape index (κ3) is 4.39. The Bertz CT molecular complexity index is 1230. The van der Waals surface area contributed by atoms with E-state index in [1.54, 1.807) is 29.1 Å². The Morgan fingerprint density at radius 3 is 2.32 bits per heavy atom. The van der Waals surface area contributed by atoms with Crippen molar-refractivity contribution in [1.82, 2.24) is 15.0 Å². The number of aryl methyl sites for hydroxylation is 1. The van der Waals surface area contributed by atoms with Gasteiger partial charge in [0, 0.05) is 35.1 Å². The van der Waals surface area contributed by atoms with Gasteiger partial charge in [0.15, 0.2) is 0 Å². The highest BCUT2D eigenvalue weighted by molar-refractivity contribution is 6.31. The number of halogens is 1. The Kier molecular flexibility index (Phi) is 5.91. The minimum absolute atomic E-state index is 0.218. The van der Waals surface area contributed by atoms with Crippen molar-refractivity contribution in [2.24, 2.45) is 0 Å². The van der Waals surface area contributed by atoms with Crippen molar-refractivity contribution in [3.8, 4) is 5.69 Å². The predicted molar refractivity (Wildman–Crippen MR) is 127 cm³/mol. The SMILES string of the molecule is CCN(CC)c1ccc(-n2nc3cc(C)c(NC(=O)c4cccc(Cl)c4)cc3n2)cc1. The summed E-state index contributed by atoms with van der Waals surface area (Å²) < 4.78 is 0. The number of hydrogen-bond donors (Lipinski definition) is 1. The van der Waals surface area contributed by atoms with E-state index in [4.69, 9.17) is 11.6 Å². The second-order valence-corrected chi connectivity index (χ2v) is 7.73. The van der Waals surface area contributed by atoms with Crippen LogP contribution in [-0.4, -0.2) is 34.0 Å². The summed E-state index contributed by atoms with van der Waals surface area (Å²) in [4.78, 5) is 16.5. The number of hydrogen-bond acceptors (Lipinski definition) is 4. The smallest absolute Gasteiger partial charge is 0.255 e. The van der Waals surface area contributed by atoms with E-state index in [1.807, 2.05) is 31.2 Å². The second-order valence-electron chi connectivity index (χ2n) is 7.30. The lowest BCUT2D eigenvalue weighted by Gasteiger charge is -2.20. The minimum atomic E-state index is -0.218. The summed E-state index contributed by atoms with van der Waals surface area (Å²) in [6, 6.07) is 18.8. The fourth-order valence-electron chi connectivity index (χ4n) is 3.53. The molecule has 4 rings (SSSR count). The highest BCUT2D eigenvalue weighted by Crippen LogP contribution is 2.24. The maximum absolute atomic E-state index is 12.6. The van der Waals surface area contributed by atoms with E-state index in [2.05, 4.69) is 46.4 Å². The molecule has 0 saturated carbocycles. The minimum Gasteiger partial charge on any atom is -0.372 e. The molecular formula is C24H24ClN5O. The highest BCUT2D eigenvalue weighted by Gasteiger charge is 2.12. The first-order valence-electron chi connectivity index (χ1n) is 10.3. The number of benzene rings is 3. The lowest BCUT2D eigenvalue weighted by atomic mass is 10.1. The first-order valence-corrected chi connectivity index (χ1v) is 10.7. The average molecular weight is 434 g/mol. The van der Waals surface area contributed by atoms with Gasteiger partial charge in [-0.15, -0.1) is 10.2 Å². The van der Waals surface area contributed by atoms with Gasteiger partial charge in [-0.3, -0.25) is 4.79 Å². The number of carbonyl (C=O) groups is 1. The summed E-state index contributed by atoms with van der Waals surface area (Å²) >= 11 is 6.00. The van der Waals surface area contributed by atoms with E-state index in [0.717, 1.165) is 29.9 Å². The van der Waals surface area contributed by atoms with Gasteiger partial charge in [-0.05, 0) is 80.9 Å². The molecule has 6 nitrogen and oxygen atoms in total. The molecule has 31 heavy (non-hydrogen) atoms. The maximum atomic E-state index is 12.6. The molecule has 0 aliphatic carbocycles. The van der Waals surface area contributed by atoms with Crippen LogP contribution in [0.5, 0.6) is 0 Å². The van der Waals surface area contributed by atoms with Crippen LogP contribution >= 0.6 is 11.6 Å². The van der Waals surface area contributed by atoms with E-state index in [-0.39, 0.29) is 5.91 Å². The second kappa shape index (κ2) is 8.78. The molecule has 1 N–H and O–H groups in total. The highest BCUT2D eigenvalue weighted by atomic mass is 35.5. The van der Waals surface area contributed by atoms with E-state index < -0.39 is 0 Å². The van der Waals surface area contributed by atoms with E-state index in [1.165, 1.54) is 5.69 Å². The van der Waals surface area contributed by atoms with Crippen LogP contribution < -0.4 is 10.2 Å². The molecular weight excluding hydrogens is 410 g/mol. The molecule has 3 aromatic carbocycles. The van der Waals surface area contributed by atoms with Crippen LogP contribution in [-0.2, 0) is 0 Å². The third-order valence-electron chi connectivity index (χ3n) is 5.27. The number of amides is 1. The zero-order chi connectivity index (χ0) is 22.0. The molecule has 4 aromatic rings. The molecule has 1 heterocycles. The summed E-state index contributed by atoms with van der Waals surface area (Å²) in [5.74, 6) is -0.218. The number of carbonyl (C=O) groups excluding carboxylic acids is 1. The quantitative estimate of drug-likeness (QED) is 0.437. The molecule has 0 atom stereocenters. The van der Waals surface area contributed by atoms with Gasteiger partial charge >= 0.3 is 0 Å². The Morgan fingerprint density at radius 1 is 1.00 bits per heavy atom. The molecule has 0 bridgehead atoms. The number of aromatic nitrogens is 3. The van der Waals surface area contributed by atoms with E-state index >= 15 is 0 Å². The first-order chi connectivity index (χ1) is 15.0. The van der Waals surface area contributed by atoms with Gasteiger partial charge in [0.1, 0.15) is 11.0 Å². The number of nitrogens with one attached hydrogen (secondary N) is 1. The lowest BCUT2D eigenvalue weighted by Crippen LogP contribution is -2.21. The molecule has 0 aliphatic heterocycles. The van der Waals surface area contributed by atoms with Gasteiger partial charge < -0.3 is 10.2 Å². The zero-order valence-corrected chi connectivity index (χ0v) is 18.5. The van der Waals surface area contributed by atoms with Gasteiger partial charge in [0.25, 0.3) is 5.91 Å². The number of fused-ring (bicyclic) bond motifs is 1. The summed E-state index contributed by atoms with van der Waals surface area (Å²) in [5, 5.41) is 12.7. The molecule has 0 unspecified atom stereocenters. The molecule has 1 aromatic heterocycles. The van der Waals surface area contributed by atoms with Gasteiger partial charge in [-0.25, -0.2) is 0 Å². The molecule has 0 spiro atoms. The van der Waals surface area contributed by atoms with Crippen molar-refractivity contribution in [2.75, 3.05) is 23.3 Å². The Morgan fingerprint density at radius 2 is 1.68 bits per heavy atom. The summed E-state index contributed by atoms with van der Waals surface area (Å²) in [5.41, 5.74) is 5.64. The van der Waals surface area contributed by atoms with Gasteiger partial charge in [-0.2, -0.15) is 4.80 Å². The summed E-state index contributed by atoms with van der Waals surface area (Å²) in [6.45, 7) is 8.14. The van der Waals surface area contributed by atoms with E-state index in [0.29, 0.717) is 21.8 Å². The van der Waals surface area contributed by atoms with Crippen LogP contribution in [0, 0.1) is 6.92 Å². The van der Waals surface area contributed by atoms with Crippen molar-refractivity contribution in [3.63, 3.8) is 0 Å². The molecule has 0 fully saturated rings. The van der Waals surface area contributed by atoms with E-state index in [9.17, 15) is 4.79 Å². The van der Waals surface area contributed by atoms with Crippen LogP contribution in [0.15, 0.2) is 60.7 Å². The van der Waals surface area contributed by atoms with Crippen molar-refractivity contribution >= 4 is 39.9 Å². The van der Waals surface area contributed by atoms with Crippen LogP contribution in [0.25, 0.3) is 16.7 Å². The number of anilines is 2. The average Bonchev–Trinajstić information content (AvgIpc) is 3.18. The Labute approximate surface area is 186 Å². The molecule has 158 valence electrons. The van der Waals surface area contributed by atoms with Gasteiger partial charge in [0.05, 0.1) is 5.69 Å². The zero-order valence-electron chi connectivity index (χ0n) is 17.8. The Hall–Kier alpha value is -3.38. The molecule has 7 heteroatoms. The normalized spacial score (nSPS) is 11.0. The molecule has 0 saturated heterocycles. The van der Waals surface area contributed by atoms with Crippen LogP contribution in [0.2, 0.25) is 5.02 Å². The molecule has 1 amide bonds. The van der Waals surface area contributed by atoms with Crippen molar-refractivity contribution in [2.45, 2.75) is 20.8 Å². The summed E-state index contributed by atoms with van der Waals surface area (Å²) in [7, 11) is 0. The maximum Gasteiger partial charge on any atom is 0.255 e. The summed E-state index contributed by atoms with van der Waals surface area (Å²) in [6.07, 6.45) is 0. The topological polar surface area (TPSA) is 63.1 Å². The van der Waals surface area contributed by atoms with Crippen LogP contribution in [0.1, 0.15) is 29.8 Å². The standard InChI is InChI=1S/C24H24ClN5O/c1-4-29(5-2)19-9-11-20(12-10-19)30-27-22-13-16(3)21(15-23(22)28-30)26-24(31)17-7-6-8-18(25)14-17/h6-15H,4-5H2,1-3H3,(H,26,31). The van der Waals surface area contributed by atoms with Crippen LogP contribution in [0.4, 0.5) is 11.4 Å². The first kappa shape index (κ1) is 20.9. The number of rotatable bonds is 6. The number of nitrogens with zero attached hydrogens (tertiary/aromatic N) is 4. The fraction of sp³-hybridized carbons (Fsp3) is 0.208. The monoisotopic (exact) mass is 433 g/mol. The third-order valence-corrected chi connectivity index (χ3v) is 5.51. The molecule has 0 radical (unpaired) electrons. The van der Waals surface area contributed by atoms with Crippen molar-refractivity contribution < 1.29 is 4.79 Å². The Balaban J connectivity index is 1.61. The fourth-order valence-corrected chi connectivity index (χ4v) is 3.72. The van der Waals surface area contributed by atoms with Crippen molar-refractivity contribution in [3.05, 3.63) is 76.8 Å². The lowest BCUT2D eigenvalue weighted by molar-refractivity contribution is 0.102. The van der Waals surface area contributed by atoms with Gasteiger partial charge in [0.2, 0.25) is 0 Å². The molecule has 0 aliphatic rings. The van der Waals surface area contributed by atoms with Crippen LogP contribution in [0.3, 0.4) is 0 Å². The van der Waals surface area contributed by atoms with Gasteiger partial charge in [-0.1, -0.05) is 17.7 Å².